The van der Waals surface area contributed by atoms with Gasteiger partial charge < -0.3 is 29.8 Å². The summed E-state index contributed by atoms with van der Waals surface area (Å²) >= 11 is 0. The van der Waals surface area contributed by atoms with Crippen LogP contribution in [0.2, 0.25) is 0 Å². The zero-order valence-corrected chi connectivity index (χ0v) is 23.4. The number of aromatic carboxylic acids is 1. The molecule has 0 saturated carbocycles. The number of aromatic amines is 2. The fraction of sp³-hybridized carbons (Fsp3) is 0.419. The molecule has 10 heteroatoms. The number of nitrogens with zero attached hydrogens (tertiary/aromatic N) is 3. The molecule has 0 aliphatic carbocycles. The summed E-state index contributed by atoms with van der Waals surface area (Å²) in [6.45, 7) is 4.07. The van der Waals surface area contributed by atoms with Crippen molar-refractivity contribution < 1.29 is 23.5 Å². The van der Waals surface area contributed by atoms with Gasteiger partial charge in [-0.05, 0) is 61.6 Å². The van der Waals surface area contributed by atoms with E-state index in [2.05, 4.69) is 33.9 Å². The van der Waals surface area contributed by atoms with Crippen molar-refractivity contribution in [1.29, 1.82) is 0 Å². The standard InChI is InChI=1S/C18H21F2N3O.C13H14N2O2/c1-22-7-4-16-14(11-22)13-10-12(2-3-15(13)21-16)17(24)23-8-5-18(19,20)6-9-23;1-15-5-4-12-10(7-15)9-6-8(13(16)17)2-3-11(9)14-12/h2-3,10,21H,4-9,11H2,1H3;2-3,6,14H,4-5,7H2,1H3,(H,16,17). The molecule has 3 aliphatic rings. The van der Waals surface area contributed by atoms with E-state index < -0.39 is 11.9 Å². The van der Waals surface area contributed by atoms with E-state index in [0.29, 0.717) is 11.1 Å². The van der Waals surface area contributed by atoms with Crippen molar-refractivity contribution in [2.45, 2.75) is 44.7 Å². The van der Waals surface area contributed by atoms with E-state index in [-0.39, 0.29) is 31.8 Å². The van der Waals surface area contributed by atoms with Crippen LogP contribution in [0.15, 0.2) is 36.4 Å². The predicted molar refractivity (Wildman–Crippen MR) is 154 cm³/mol. The van der Waals surface area contributed by atoms with Crippen LogP contribution < -0.4 is 0 Å². The van der Waals surface area contributed by atoms with Gasteiger partial charge in [0.1, 0.15) is 0 Å². The van der Waals surface area contributed by atoms with Crippen molar-refractivity contribution in [1.82, 2.24) is 24.7 Å². The van der Waals surface area contributed by atoms with Crippen molar-refractivity contribution in [2.75, 3.05) is 40.3 Å². The normalized spacial score (nSPS) is 19.0. The van der Waals surface area contributed by atoms with Gasteiger partial charge in [-0.1, -0.05) is 0 Å². The van der Waals surface area contributed by atoms with E-state index in [4.69, 9.17) is 5.11 Å². The first-order valence-electron chi connectivity index (χ1n) is 14.1. The third-order valence-corrected chi connectivity index (χ3v) is 8.61. The fourth-order valence-corrected chi connectivity index (χ4v) is 6.18. The minimum atomic E-state index is -2.63. The van der Waals surface area contributed by atoms with Crippen molar-refractivity contribution in [3.05, 3.63) is 70.0 Å². The summed E-state index contributed by atoms with van der Waals surface area (Å²) in [4.78, 5) is 36.5. The SMILES string of the molecule is CN1CCc2[nH]c3ccc(C(=O)N4CCC(F)(F)CC4)cc3c2C1.CN1CCc2[nH]c3ccc(C(=O)O)cc3c2C1. The van der Waals surface area contributed by atoms with Crippen LogP contribution in [0.25, 0.3) is 21.8 Å². The van der Waals surface area contributed by atoms with E-state index >= 15 is 0 Å². The Balaban J connectivity index is 0.000000156. The minimum absolute atomic E-state index is 0.123. The summed E-state index contributed by atoms with van der Waals surface area (Å²) in [5.74, 6) is -3.65. The van der Waals surface area contributed by atoms with Crippen LogP contribution in [0.4, 0.5) is 8.78 Å². The van der Waals surface area contributed by atoms with Gasteiger partial charge in [-0.15, -0.1) is 0 Å². The maximum absolute atomic E-state index is 13.3. The van der Waals surface area contributed by atoms with Gasteiger partial charge in [0.15, 0.2) is 0 Å². The second-order valence-electron chi connectivity index (χ2n) is 11.6. The molecule has 1 fully saturated rings. The number of carboxylic acids is 1. The Kier molecular flexibility index (Phi) is 7.07. The molecule has 0 atom stereocenters. The average Bonchev–Trinajstić information content (AvgIpc) is 3.49. The Morgan fingerprint density at radius 3 is 1.78 bits per heavy atom. The Morgan fingerprint density at radius 2 is 1.27 bits per heavy atom. The molecule has 4 aromatic rings. The Morgan fingerprint density at radius 1 is 0.780 bits per heavy atom. The molecule has 7 rings (SSSR count). The van der Waals surface area contributed by atoms with Crippen molar-refractivity contribution in [3.8, 4) is 0 Å². The van der Waals surface area contributed by atoms with Crippen LogP contribution in [-0.4, -0.2) is 87.8 Å². The van der Waals surface area contributed by atoms with Crippen LogP contribution in [0, 0.1) is 0 Å². The number of aromatic nitrogens is 2. The average molecular weight is 564 g/mol. The summed E-state index contributed by atoms with van der Waals surface area (Å²) in [6, 6.07) is 10.9. The molecule has 8 nitrogen and oxygen atoms in total. The maximum atomic E-state index is 13.3. The number of carbonyl (C=O) groups is 2. The number of benzene rings is 2. The molecule has 1 amide bonds. The van der Waals surface area contributed by atoms with Crippen molar-refractivity contribution >= 4 is 33.7 Å². The van der Waals surface area contributed by atoms with Gasteiger partial charge in [0.25, 0.3) is 11.8 Å². The number of halogens is 2. The van der Waals surface area contributed by atoms with E-state index in [1.54, 1.807) is 23.1 Å². The molecule has 5 heterocycles. The number of alkyl halides is 2. The first-order valence-corrected chi connectivity index (χ1v) is 14.1. The molecule has 0 bridgehead atoms. The molecular weight excluding hydrogens is 528 g/mol. The first-order chi connectivity index (χ1) is 19.6. The van der Waals surface area contributed by atoms with Gasteiger partial charge in [0.05, 0.1) is 5.56 Å². The largest absolute Gasteiger partial charge is 0.478 e. The quantitative estimate of drug-likeness (QED) is 0.323. The summed E-state index contributed by atoms with van der Waals surface area (Å²) in [7, 11) is 4.17. The highest BCUT2D eigenvalue weighted by molar-refractivity contribution is 5.99. The van der Waals surface area contributed by atoms with Gasteiger partial charge in [0, 0.05) is 104 Å². The lowest BCUT2D eigenvalue weighted by atomic mass is 10.0. The predicted octanol–water partition coefficient (Wildman–Crippen LogP) is 4.88. The number of piperidine rings is 1. The molecule has 0 unspecified atom stereocenters. The number of likely N-dealkylation sites (tertiary alicyclic amines) is 1. The zero-order valence-electron chi connectivity index (χ0n) is 23.4. The highest BCUT2D eigenvalue weighted by atomic mass is 19.3. The van der Waals surface area contributed by atoms with Crippen LogP contribution >= 0.6 is 0 Å². The van der Waals surface area contributed by atoms with Crippen LogP contribution in [0.3, 0.4) is 0 Å². The number of amides is 1. The van der Waals surface area contributed by atoms with Gasteiger partial charge in [-0.2, -0.15) is 0 Å². The lowest BCUT2D eigenvalue weighted by molar-refractivity contribution is -0.0494. The van der Waals surface area contributed by atoms with E-state index in [1.807, 2.05) is 18.2 Å². The number of rotatable bonds is 2. The molecular formula is C31H35F2N5O3. The maximum Gasteiger partial charge on any atom is 0.335 e. The highest BCUT2D eigenvalue weighted by Crippen LogP contribution is 2.31. The van der Waals surface area contributed by atoms with Gasteiger partial charge in [-0.25, -0.2) is 13.6 Å². The second kappa shape index (κ2) is 10.6. The first kappa shape index (κ1) is 27.4. The number of carboxylic acid groups (broad SMARTS) is 1. The monoisotopic (exact) mass is 563 g/mol. The number of nitrogens with one attached hydrogen (secondary N) is 2. The molecule has 0 radical (unpaired) electrons. The lowest BCUT2D eigenvalue weighted by Crippen LogP contribution is -2.42. The molecule has 41 heavy (non-hydrogen) atoms. The van der Waals surface area contributed by atoms with E-state index in [1.165, 1.54) is 22.5 Å². The molecule has 0 spiro atoms. The highest BCUT2D eigenvalue weighted by Gasteiger charge is 2.36. The van der Waals surface area contributed by atoms with Crippen LogP contribution in [0.5, 0.6) is 0 Å². The zero-order chi connectivity index (χ0) is 28.9. The smallest absolute Gasteiger partial charge is 0.335 e. The third kappa shape index (κ3) is 5.46. The topological polar surface area (TPSA) is 95.7 Å². The number of carbonyl (C=O) groups excluding carboxylic acids is 1. The van der Waals surface area contributed by atoms with Crippen molar-refractivity contribution in [2.24, 2.45) is 0 Å². The minimum Gasteiger partial charge on any atom is -0.478 e. The lowest BCUT2D eigenvalue weighted by Gasteiger charge is -2.31. The second-order valence-corrected chi connectivity index (χ2v) is 11.6. The summed E-state index contributed by atoms with van der Waals surface area (Å²) in [6.07, 6.45) is 1.49. The number of fused-ring (bicyclic) bond motifs is 6. The van der Waals surface area contributed by atoms with Crippen molar-refractivity contribution in [3.63, 3.8) is 0 Å². The molecule has 216 valence electrons. The number of H-pyrrole nitrogens is 2. The van der Waals surface area contributed by atoms with E-state index in [9.17, 15) is 18.4 Å². The fourth-order valence-electron chi connectivity index (χ4n) is 6.18. The summed E-state index contributed by atoms with van der Waals surface area (Å²) in [5, 5.41) is 11.1. The number of hydrogen-bond acceptors (Lipinski definition) is 4. The Labute approximate surface area is 236 Å². The van der Waals surface area contributed by atoms with Gasteiger partial charge in [-0.3, -0.25) is 4.79 Å². The number of likely N-dealkylation sites (N-methyl/N-ethyl adjacent to an activating group) is 2. The Bertz CT molecular complexity index is 1630. The third-order valence-electron chi connectivity index (χ3n) is 8.61. The molecule has 1 saturated heterocycles. The molecule has 3 N–H and O–H groups in total. The Hall–Kier alpha value is -3.76. The summed E-state index contributed by atoms with van der Waals surface area (Å²) < 4.78 is 26.6. The number of hydrogen-bond donors (Lipinski definition) is 3. The van der Waals surface area contributed by atoms with Gasteiger partial charge in [0.2, 0.25) is 0 Å². The van der Waals surface area contributed by atoms with E-state index in [0.717, 1.165) is 60.8 Å². The van der Waals surface area contributed by atoms with Gasteiger partial charge >= 0.3 is 5.97 Å². The molecule has 3 aliphatic heterocycles. The molecule has 2 aromatic carbocycles. The van der Waals surface area contributed by atoms with Crippen LogP contribution in [0.1, 0.15) is 56.1 Å². The van der Waals surface area contributed by atoms with Crippen LogP contribution in [-0.2, 0) is 25.9 Å². The summed E-state index contributed by atoms with van der Waals surface area (Å²) in [5.41, 5.74) is 8.00. The molecule has 2 aromatic heterocycles.